The molecule has 0 aliphatic carbocycles. The Balaban J connectivity index is 2.03. The van der Waals surface area contributed by atoms with E-state index in [-0.39, 0.29) is 28.1 Å². The minimum absolute atomic E-state index is 0.00237. The van der Waals surface area contributed by atoms with Crippen LogP contribution in [0.3, 0.4) is 0 Å². The minimum atomic E-state index is -0.689. The van der Waals surface area contributed by atoms with Gasteiger partial charge >= 0.3 is 0 Å². The fourth-order valence-electron chi connectivity index (χ4n) is 3.72. The van der Waals surface area contributed by atoms with Gasteiger partial charge in [-0.25, -0.2) is 9.37 Å². The van der Waals surface area contributed by atoms with Crippen LogP contribution in [0.4, 0.5) is 10.2 Å². The van der Waals surface area contributed by atoms with Crippen LogP contribution in [-0.4, -0.2) is 33.6 Å². The fraction of sp³-hybridized carbons (Fsp3) is 0.562. The molecular weight excluding hydrogens is 354 g/mol. The molecule has 4 rings (SSSR count). The van der Waals surface area contributed by atoms with Gasteiger partial charge in [0, 0.05) is 6.54 Å². The smallest absolute Gasteiger partial charge is 0.228 e. The van der Waals surface area contributed by atoms with Gasteiger partial charge in [0.2, 0.25) is 11.2 Å². The zero-order valence-electron chi connectivity index (χ0n) is 13.2. The Morgan fingerprint density at radius 3 is 2.83 bits per heavy atom. The molecule has 0 saturated carbocycles. The highest BCUT2D eigenvalue weighted by Gasteiger charge is 2.37. The molecule has 2 aliphatic heterocycles. The molecule has 128 valence electrons. The summed E-state index contributed by atoms with van der Waals surface area (Å²) in [6, 6.07) is 0.155. The largest absolute Gasteiger partial charge is 0.472 e. The minimum Gasteiger partial charge on any atom is -0.472 e. The number of halogens is 3. The van der Waals surface area contributed by atoms with E-state index in [0.29, 0.717) is 17.1 Å². The molecule has 1 fully saturated rings. The molecule has 0 bridgehead atoms. The van der Waals surface area contributed by atoms with Gasteiger partial charge in [-0.2, -0.15) is 9.97 Å². The highest BCUT2D eigenvalue weighted by Crippen LogP contribution is 2.41. The number of fused-ring (bicyclic) bond motifs is 2. The van der Waals surface area contributed by atoms with E-state index in [0.717, 1.165) is 38.6 Å². The molecule has 8 heteroatoms. The van der Waals surface area contributed by atoms with Crippen molar-refractivity contribution in [1.82, 2.24) is 15.0 Å². The van der Waals surface area contributed by atoms with Crippen LogP contribution in [0, 0.1) is 5.82 Å². The first-order chi connectivity index (χ1) is 11.6. The van der Waals surface area contributed by atoms with E-state index in [9.17, 15) is 4.39 Å². The molecule has 0 radical (unpaired) electrons. The second-order valence-corrected chi connectivity index (χ2v) is 6.93. The number of ether oxygens (including phenoxy) is 1. The summed E-state index contributed by atoms with van der Waals surface area (Å²) in [6.07, 6.45) is 5.08. The number of hydrogen-bond acceptors (Lipinski definition) is 5. The third kappa shape index (κ3) is 2.47. The molecule has 0 amide bonds. The zero-order chi connectivity index (χ0) is 16.8. The molecule has 2 aromatic rings. The molecule has 0 aromatic carbocycles. The van der Waals surface area contributed by atoms with Crippen molar-refractivity contribution in [3.05, 3.63) is 16.3 Å². The molecule has 4 heterocycles. The lowest BCUT2D eigenvalue weighted by Crippen LogP contribution is -2.45. The van der Waals surface area contributed by atoms with E-state index in [4.69, 9.17) is 27.9 Å². The van der Waals surface area contributed by atoms with Gasteiger partial charge < -0.3 is 9.64 Å². The third-order valence-electron chi connectivity index (χ3n) is 4.83. The number of rotatable bonds is 1. The van der Waals surface area contributed by atoms with E-state index in [1.807, 2.05) is 0 Å². The number of nitrogens with zero attached hydrogens (tertiary/aromatic N) is 4. The molecule has 2 aliphatic rings. The Morgan fingerprint density at radius 1 is 1.21 bits per heavy atom. The topological polar surface area (TPSA) is 51.1 Å². The second-order valence-electron chi connectivity index (χ2n) is 6.24. The SMILES string of the molecule is CCC1Oc2nc(Cl)c(F)c3nc(Cl)nc(c23)N2CCCCC[C@@H]12. The van der Waals surface area contributed by atoms with Gasteiger partial charge in [-0.15, -0.1) is 0 Å². The van der Waals surface area contributed by atoms with Crippen LogP contribution in [0.2, 0.25) is 10.4 Å². The average molecular weight is 371 g/mol. The average Bonchev–Trinajstić information content (AvgIpc) is 2.87. The van der Waals surface area contributed by atoms with E-state index in [1.165, 1.54) is 0 Å². The predicted octanol–water partition coefficient (Wildman–Crippen LogP) is 4.39. The van der Waals surface area contributed by atoms with Crippen LogP contribution in [0.15, 0.2) is 0 Å². The Bertz CT molecular complexity index is 803. The molecule has 0 spiro atoms. The normalized spacial score (nSPS) is 23.4. The van der Waals surface area contributed by atoms with Crippen molar-refractivity contribution < 1.29 is 9.13 Å². The number of pyridine rings is 1. The number of aromatic nitrogens is 3. The molecule has 2 atom stereocenters. The zero-order valence-corrected chi connectivity index (χ0v) is 14.7. The molecule has 5 nitrogen and oxygen atoms in total. The molecule has 24 heavy (non-hydrogen) atoms. The maximum atomic E-state index is 14.5. The first-order valence-corrected chi connectivity index (χ1v) is 9.01. The van der Waals surface area contributed by atoms with Crippen LogP contribution in [0.5, 0.6) is 5.88 Å². The van der Waals surface area contributed by atoms with Crippen LogP contribution < -0.4 is 9.64 Å². The maximum absolute atomic E-state index is 14.5. The Hall–Kier alpha value is -1.40. The summed E-state index contributed by atoms with van der Waals surface area (Å²) in [6.45, 7) is 2.90. The standard InChI is InChI=1S/C16H17Cl2FN4O/c1-2-9-8-6-4-3-5-7-23(8)14-10-12(20-16(18)22-14)11(19)13(17)21-15(10)24-9/h8-9H,2-7H2,1H3/t8-,9?/m0/s1. The van der Waals surface area contributed by atoms with Crippen molar-refractivity contribution in [2.24, 2.45) is 0 Å². The van der Waals surface area contributed by atoms with Gasteiger partial charge in [0.05, 0.1) is 6.04 Å². The first kappa shape index (κ1) is 16.1. The summed E-state index contributed by atoms with van der Waals surface area (Å²) in [5.41, 5.74) is 0.0692. The molecular formula is C16H17Cl2FN4O. The first-order valence-electron chi connectivity index (χ1n) is 8.25. The highest BCUT2D eigenvalue weighted by molar-refractivity contribution is 6.31. The van der Waals surface area contributed by atoms with Crippen LogP contribution in [0.1, 0.15) is 39.0 Å². The van der Waals surface area contributed by atoms with E-state index in [2.05, 4.69) is 26.8 Å². The number of hydrogen-bond donors (Lipinski definition) is 0. The van der Waals surface area contributed by atoms with Gasteiger partial charge in [0.15, 0.2) is 11.0 Å². The summed E-state index contributed by atoms with van der Waals surface area (Å²) in [5.74, 6) is 0.208. The van der Waals surface area contributed by atoms with Crippen molar-refractivity contribution in [2.75, 3.05) is 11.4 Å². The molecule has 0 N–H and O–H groups in total. The fourth-order valence-corrected chi connectivity index (χ4v) is 4.05. The lowest BCUT2D eigenvalue weighted by molar-refractivity contribution is 0.157. The van der Waals surface area contributed by atoms with Crippen LogP contribution in [0.25, 0.3) is 10.9 Å². The lowest BCUT2D eigenvalue weighted by Gasteiger charge is -2.33. The van der Waals surface area contributed by atoms with E-state index < -0.39 is 5.82 Å². The molecule has 2 aromatic heterocycles. The Kier molecular flexibility index (Phi) is 4.12. The highest BCUT2D eigenvalue weighted by atomic mass is 35.5. The van der Waals surface area contributed by atoms with E-state index in [1.54, 1.807) is 0 Å². The predicted molar refractivity (Wildman–Crippen MR) is 91.6 cm³/mol. The van der Waals surface area contributed by atoms with Gasteiger partial charge in [0.25, 0.3) is 0 Å². The van der Waals surface area contributed by atoms with Gasteiger partial charge in [-0.1, -0.05) is 31.4 Å². The quantitative estimate of drug-likeness (QED) is 0.550. The summed E-state index contributed by atoms with van der Waals surface area (Å²) in [4.78, 5) is 14.8. The molecule has 1 saturated heterocycles. The van der Waals surface area contributed by atoms with Gasteiger partial charge in [-0.3, -0.25) is 0 Å². The van der Waals surface area contributed by atoms with Crippen molar-refractivity contribution in [3.8, 4) is 5.88 Å². The number of anilines is 1. The summed E-state index contributed by atoms with van der Waals surface area (Å²) in [7, 11) is 0. The molecule has 1 unspecified atom stereocenters. The van der Waals surface area contributed by atoms with E-state index >= 15 is 0 Å². The summed E-state index contributed by atoms with van der Waals surface area (Å²) in [5, 5.41) is 0.205. The van der Waals surface area contributed by atoms with Gasteiger partial charge in [0.1, 0.15) is 22.8 Å². The van der Waals surface area contributed by atoms with Crippen molar-refractivity contribution in [3.63, 3.8) is 0 Å². The summed E-state index contributed by atoms with van der Waals surface area (Å²) < 4.78 is 20.6. The van der Waals surface area contributed by atoms with Gasteiger partial charge in [-0.05, 0) is 30.9 Å². The van der Waals surface area contributed by atoms with Crippen LogP contribution in [-0.2, 0) is 0 Å². The van der Waals surface area contributed by atoms with Crippen molar-refractivity contribution >= 4 is 39.9 Å². The Labute approximate surface area is 149 Å². The Morgan fingerprint density at radius 2 is 2.04 bits per heavy atom. The van der Waals surface area contributed by atoms with Crippen LogP contribution >= 0.6 is 23.2 Å². The lowest BCUT2D eigenvalue weighted by atomic mass is 10.0. The van der Waals surface area contributed by atoms with Crippen molar-refractivity contribution in [2.45, 2.75) is 51.2 Å². The third-order valence-corrected chi connectivity index (χ3v) is 5.25. The van der Waals surface area contributed by atoms with Crippen molar-refractivity contribution in [1.29, 1.82) is 0 Å². The monoisotopic (exact) mass is 370 g/mol. The summed E-state index contributed by atoms with van der Waals surface area (Å²) >= 11 is 12.0. The second kappa shape index (κ2) is 6.15. The maximum Gasteiger partial charge on any atom is 0.228 e.